The molecule has 0 saturated carbocycles. The summed E-state index contributed by atoms with van der Waals surface area (Å²) in [6.45, 7) is 4.51. The average molecular weight is 364 g/mol. The van der Waals surface area contributed by atoms with Gasteiger partial charge in [0.25, 0.3) is 0 Å². The lowest BCUT2D eigenvalue weighted by Crippen LogP contribution is -2.38. The molecule has 0 aliphatic carbocycles. The van der Waals surface area contributed by atoms with E-state index in [4.69, 9.17) is 0 Å². The zero-order valence-electron chi connectivity index (χ0n) is 14.6. The molecular formula is C18H24N2O4S. The zero-order chi connectivity index (χ0) is 18.2. The molecule has 2 atom stereocenters. The molecule has 0 radical (unpaired) electrons. The van der Waals surface area contributed by atoms with Crippen LogP contribution >= 0.6 is 0 Å². The van der Waals surface area contributed by atoms with Crippen molar-refractivity contribution in [3.8, 4) is 0 Å². The van der Waals surface area contributed by atoms with Gasteiger partial charge in [-0.25, -0.2) is 8.42 Å². The summed E-state index contributed by atoms with van der Waals surface area (Å²) in [5.74, 6) is -0.176. The van der Waals surface area contributed by atoms with Crippen molar-refractivity contribution in [1.82, 2.24) is 4.90 Å². The third kappa shape index (κ3) is 4.03. The van der Waals surface area contributed by atoms with Crippen LogP contribution in [0.1, 0.15) is 38.2 Å². The summed E-state index contributed by atoms with van der Waals surface area (Å²) >= 11 is 0. The van der Waals surface area contributed by atoms with Gasteiger partial charge in [-0.05, 0) is 30.0 Å². The van der Waals surface area contributed by atoms with Crippen LogP contribution in [0.2, 0.25) is 0 Å². The van der Waals surface area contributed by atoms with Gasteiger partial charge in [0, 0.05) is 24.7 Å². The second kappa shape index (κ2) is 6.78. The number of carbonyl (C=O) groups is 2. The van der Waals surface area contributed by atoms with E-state index in [1.54, 1.807) is 4.90 Å². The molecule has 2 aliphatic heterocycles. The summed E-state index contributed by atoms with van der Waals surface area (Å²) in [4.78, 5) is 26.2. The van der Waals surface area contributed by atoms with E-state index in [1.165, 1.54) is 5.56 Å². The van der Waals surface area contributed by atoms with Crippen LogP contribution in [0, 0.1) is 5.92 Å². The minimum atomic E-state index is -3.05. The third-order valence-electron chi connectivity index (χ3n) is 5.02. The van der Waals surface area contributed by atoms with Gasteiger partial charge in [-0.2, -0.15) is 0 Å². The lowest BCUT2D eigenvalue weighted by molar-refractivity contribution is -0.129. The molecule has 7 heteroatoms. The van der Waals surface area contributed by atoms with Crippen LogP contribution in [0.3, 0.4) is 0 Å². The molecule has 2 amide bonds. The Labute approximate surface area is 148 Å². The van der Waals surface area contributed by atoms with Gasteiger partial charge < -0.3 is 10.2 Å². The molecule has 2 fully saturated rings. The smallest absolute Gasteiger partial charge is 0.229 e. The fraction of sp³-hybridized carbons (Fsp3) is 0.556. The largest absolute Gasteiger partial charge is 0.338 e. The van der Waals surface area contributed by atoms with E-state index in [0.717, 1.165) is 0 Å². The standard InChI is InChI=1S/C18H24N2O4S/c1-12(2)13-3-5-15(6-4-13)19-18(22)14-9-17(21)20(10-14)16-7-8-25(23,24)11-16/h3-6,12,14,16H,7-11H2,1-2H3,(H,19,22). The van der Waals surface area contributed by atoms with E-state index in [-0.39, 0.29) is 35.8 Å². The summed E-state index contributed by atoms with van der Waals surface area (Å²) in [6, 6.07) is 7.42. The lowest BCUT2D eigenvalue weighted by Gasteiger charge is -2.22. The van der Waals surface area contributed by atoms with Gasteiger partial charge in [0.05, 0.1) is 17.4 Å². The van der Waals surface area contributed by atoms with Crippen molar-refractivity contribution >= 4 is 27.3 Å². The van der Waals surface area contributed by atoms with Crippen LogP contribution in [0.5, 0.6) is 0 Å². The van der Waals surface area contributed by atoms with Gasteiger partial charge in [0.15, 0.2) is 9.84 Å². The molecular weight excluding hydrogens is 340 g/mol. The number of anilines is 1. The van der Waals surface area contributed by atoms with E-state index in [2.05, 4.69) is 19.2 Å². The zero-order valence-corrected chi connectivity index (χ0v) is 15.4. The first kappa shape index (κ1) is 17.9. The van der Waals surface area contributed by atoms with Crippen LogP contribution in [0.15, 0.2) is 24.3 Å². The first-order valence-corrected chi connectivity index (χ1v) is 10.5. The SMILES string of the molecule is CC(C)c1ccc(NC(=O)C2CC(=O)N(C3CCS(=O)(=O)C3)C2)cc1. The molecule has 25 heavy (non-hydrogen) atoms. The number of hydrogen-bond acceptors (Lipinski definition) is 4. The number of rotatable bonds is 4. The summed E-state index contributed by atoms with van der Waals surface area (Å²) < 4.78 is 23.2. The average Bonchev–Trinajstić information content (AvgIpc) is 3.10. The predicted molar refractivity (Wildman–Crippen MR) is 96.0 cm³/mol. The number of carbonyl (C=O) groups excluding carboxylic acids is 2. The second-order valence-electron chi connectivity index (χ2n) is 7.27. The Bertz CT molecular complexity index is 771. The molecule has 2 aliphatic rings. The summed E-state index contributed by atoms with van der Waals surface area (Å²) in [5.41, 5.74) is 1.91. The number of hydrogen-bond donors (Lipinski definition) is 1. The first-order valence-electron chi connectivity index (χ1n) is 8.66. The second-order valence-corrected chi connectivity index (χ2v) is 9.50. The van der Waals surface area contributed by atoms with Crippen LogP contribution in [0.4, 0.5) is 5.69 Å². The van der Waals surface area contributed by atoms with E-state index < -0.39 is 15.8 Å². The Balaban J connectivity index is 1.61. The quantitative estimate of drug-likeness (QED) is 0.883. The van der Waals surface area contributed by atoms with Gasteiger partial charge in [0.1, 0.15) is 0 Å². The van der Waals surface area contributed by atoms with E-state index in [0.29, 0.717) is 24.6 Å². The Hall–Kier alpha value is -1.89. The number of nitrogens with zero attached hydrogens (tertiary/aromatic N) is 1. The first-order chi connectivity index (χ1) is 11.7. The van der Waals surface area contributed by atoms with Crippen LogP contribution in [-0.2, 0) is 19.4 Å². The molecule has 2 heterocycles. The molecule has 2 unspecified atom stereocenters. The molecule has 2 saturated heterocycles. The highest BCUT2D eigenvalue weighted by atomic mass is 32.2. The summed E-state index contributed by atoms with van der Waals surface area (Å²) in [7, 11) is -3.05. The van der Waals surface area contributed by atoms with Crippen molar-refractivity contribution in [1.29, 1.82) is 0 Å². The predicted octanol–water partition coefficient (Wildman–Crippen LogP) is 1.78. The van der Waals surface area contributed by atoms with Gasteiger partial charge in [-0.15, -0.1) is 0 Å². The van der Waals surface area contributed by atoms with Gasteiger partial charge in [-0.3, -0.25) is 9.59 Å². The van der Waals surface area contributed by atoms with Gasteiger partial charge in [0.2, 0.25) is 11.8 Å². The number of likely N-dealkylation sites (tertiary alicyclic amines) is 1. The van der Waals surface area contributed by atoms with E-state index >= 15 is 0 Å². The Morgan fingerprint density at radius 1 is 1.24 bits per heavy atom. The van der Waals surface area contributed by atoms with Gasteiger partial charge >= 0.3 is 0 Å². The highest BCUT2D eigenvalue weighted by Crippen LogP contribution is 2.27. The van der Waals surface area contributed by atoms with E-state index in [1.807, 2.05) is 24.3 Å². The van der Waals surface area contributed by atoms with Crippen molar-refractivity contribution in [3.63, 3.8) is 0 Å². The number of amides is 2. The van der Waals surface area contributed by atoms with Crippen molar-refractivity contribution in [3.05, 3.63) is 29.8 Å². The molecule has 136 valence electrons. The fourth-order valence-electron chi connectivity index (χ4n) is 3.48. The van der Waals surface area contributed by atoms with Crippen LogP contribution in [-0.4, -0.2) is 49.2 Å². The topological polar surface area (TPSA) is 83.6 Å². The maximum absolute atomic E-state index is 12.5. The van der Waals surface area contributed by atoms with E-state index in [9.17, 15) is 18.0 Å². The molecule has 1 aromatic rings. The van der Waals surface area contributed by atoms with Crippen LogP contribution < -0.4 is 5.32 Å². The molecule has 6 nitrogen and oxygen atoms in total. The Morgan fingerprint density at radius 3 is 2.48 bits per heavy atom. The van der Waals surface area contributed by atoms with Crippen molar-refractivity contribution in [2.24, 2.45) is 5.92 Å². The third-order valence-corrected chi connectivity index (χ3v) is 6.77. The molecule has 0 aromatic heterocycles. The minimum Gasteiger partial charge on any atom is -0.338 e. The maximum Gasteiger partial charge on any atom is 0.229 e. The molecule has 1 N–H and O–H groups in total. The number of nitrogens with one attached hydrogen (secondary N) is 1. The minimum absolute atomic E-state index is 0.0176. The normalized spacial score (nSPS) is 25.6. The highest BCUT2D eigenvalue weighted by Gasteiger charge is 2.41. The molecule has 0 spiro atoms. The van der Waals surface area contributed by atoms with Crippen molar-refractivity contribution in [2.75, 3.05) is 23.4 Å². The summed E-state index contributed by atoms with van der Waals surface area (Å²) in [5, 5.41) is 2.86. The fourth-order valence-corrected chi connectivity index (χ4v) is 5.21. The summed E-state index contributed by atoms with van der Waals surface area (Å²) in [6.07, 6.45) is 0.617. The molecule has 0 bridgehead atoms. The Kier molecular flexibility index (Phi) is 4.86. The number of sulfone groups is 1. The lowest BCUT2D eigenvalue weighted by atomic mass is 10.0. The Morgan fingerprint density at radius 2 is 1.92 bits per heavy atom. The molecule has 1 aromatic carbocycles. The highest BCUT2D eigenvalue weighted by molar-refractivity contribution is 7.91. The number of benzene rings is 1. The van der Waals surface area contributed by atoms with Gasteiger partial charge in [-0.1, -0.05) is 26.0 Å². The van der Waals surface area contributed by atoms with Crippen molar-refractivity contribution < 1.29 is 18.0 Å². The van der Waals surface area contributed by atoms with Crippen LogP contribution in [0.25, 0.3) is 0 Å². The van der Waals surface area contributed by atoms with Crippen molar-refractivity contribution in [2.45, 2.75) is 38.6 Å². The monoisotopic (exact) mass is 364 g/mol. The maximum atomic E-state index is 12.5. The molecule has 3 rings (SSSR count).